The van der Waals surface area contributed by atoms with Crippen LogP contribution in [-0.2, 0) is 4.79 Å². The monoisotopic (exact) mass is 191 g/mol. The van der Waals surface area contributed by atoms with Crippen LogP contribution in [0.3, 0.4) is 0 Å². The average molecular weight is 191 g/mol. The largest absolute Gasteiger partial charge is 0.547 e. The van der Waals surface area contributed by atoms with Gasteiger partial charge in [-0.1, -0.05) is 0 Å². The Morgan fingerprint density at radius 3 is 1.92 bits per heavy atom. The second kappa shape index (κ2) is 3.22. The zero-order valence-corrected chi connectivity index (χ0v) is 6.75. The highest BCUT2D eigenvalue weighted by molar-refractivity contribution is 5.75. The minimum Gasteiger partial charge on any atom is -0.547 e. The van der Waals surface area contributed by atoms with E-state index < -0.39 is 42.7 Å². The number of carboxylic acids is 1. The maximum Gasteiger partial charge on any atom is 0.109 e. The van der Waals surface area contributed by atoms with Crippen molar-refractivity contribution < 1.29 is 30.3 Å². The Bertz CT molecular complexity index is 203. The van der Waals surface area contributed by atoms with Gasteiger partial charge in [0, 0.05) is 12.8 Å². The van der Waals surface area contributed by atoms with E-state index in [-0.39, 0.29) is 0 Å². The third-order valence-corrected chi connectivity index (χ3v) is 2.26. The number of hydrogen-bond acceptors (Lipinski definition) is 6. The molecule has 0 aromatic rings. The highest BCUT2D eigenvalue weighted by Gasteiger charge is 2.44. The van der Waals surface area contributed by atoms with Gasteiger partial charge in [0.15, 0.2) is 0 Å². The van der Waals surface area contributed by atoms with Gasteiger partial charge in [0.2, 0.25) is 0 Å². The van der Waals surface area contributed by atoms with Crippen molar-refractivity contribution in [3.63, 3.8) is 0 Å². The number of carbonyl (C=O) groups excluding carboxylic acids is 1. The molecule has 13 heavy (non-hydrogen) atoms. The lowest BCUT2D eigenvalue weighted by Crippen LogP contribution is -2.59. The number of carbonyl (C=O) groups is 1. The Morgan fingerprint density at radius 1 is 1.23 bits per heavy atom. The summed E-state index contributed by atoms with van der Waals surface area (Å²) in [5.74, 6) is -1.75. The molecule has 1 aliphatic rings. The van der Waals surface area contributed by atoms with Crippen LogP contribution in [0.4, 0.5) is 0 Å². The van der Waals surface area contributed by atoms with Crippen molar-refractivity contribution in [1.82, 2.24) is 0 Å². The first kappa shape index (κ1) is 10.4. The molecule has 0 saturated heterocycles. The van der Waals surface area contributed by atoms with Crippen LogP contribution in [0, 0.1) is 0 Å². The van der Waals surface area contributed by atoms with E-state index in [0.717, 1.165) is 0 Å². The zero-order valence-electron chi connectivity index (χ0n) is 6.75. The predicted octanol–water partition coefficient (Wildman–Crippen LogP) is -3.66. The summed E-state index contributed by atoms with van der Waals surface area (Å²) < 4.78 is 0. The normalized spacial score (nSPS) is 46.0. The molecule has 6 nitrogen and oxygen atoms in total. The molecule has 1 saturated carbocycles. The molecule has 0 unspecified atom stereocenters. The Hall–Kier alpha value is -0.690. The van der Waals surface area contributed by atoms with Crippen molar-refractivity contribution in [1.29, 1.82) is 0 Å². The van der Waals surface area contributed by atoms with E-state index in [4.69, 9.17) is 15.3 Å². The number of aliphatic hydroxyl groups excluding tert-OH is 3. The highest BCUT2D eigenvalue weighted by Crippen LogP contribution is 2.28. The quantitative estimate of drug-likeness (QED) is 0.339. The van der Waals surface area contributed by atoms with Gasteiger partial charge in [-0.3, -0.25) is 0 Å². The number of carboxylic acid groups (broad SMARTS) is 1. The summed E-state index contributed by atoms with van der Waals surface area (Å²) in [6.45, 7) is 0. The summed E-state index contributed by atoms with van der Waals surface area (Å²) in [4.78, 5) is 10.4. The molecule has 0 heterocycles. The standard InChI is InChI=1S/C7H12O6/c8-3-1-7(13,6(11)12)2-4(9)5(3)10/h3-5,8-10,13H,1-2H2,(H,11,12)/p-1/t3-,4-,5?,7?/m1/s1. The summed E-state index contributed by atoms with van der Waals surface area (Å²) in [5.41, 5.74) is -2.25. The zero-order chi connectivity index (χ0) is 10.2. The molecule has 1 aliphatic carbocycles. The molecule has 4 N–H and O–H groups in total. The number of aliphatic carboxylic acids is 1. The third-order valence-electron chi connectivity index (χ3n) is 2.26. The van der Waals surface area contributed by atoms with Crippen molar-refractivity contribution in [2.45, 2.75) is 36.8 Å². The molecule has 1 fully saturated rings. The maximum absolute atomic E-state index is 10.4. The lowest BCUT2D eigenvalue weighted by molar-refractivity contribution is -0.331. The maximum atomic E-state index is 10.4. The molecule has 0 aromatic carbocycles. The van der Waals surface area contributed by atoms with E-state index in [2.05, 4.69) is 0 Å². The van der Waals surface area contributed by atoms with E-state index in [0.29, 0.717) is 0 Å². The Kier molecular flexibility index (Phi) is 2.58. The minimum absolute atomic E-state index is 0.534. The number of rotatable bonds is 1. The van der Waals surface area contributed by atoms with Crippen molar-refractivity contribution in [3.8, 4) is 0 Å². The van der Waals surface area contributed by atoms with Crippen LogP contribution in [0.1, 0.15) is 12.8 Å². The fourth-order valence-corrected chi connectivity index (χ4v) is 1.44. The average Bonchev–Trinajstić information content (AvgIpc) is 2.00. The molecule has 2 atom stereocenters. The van der Waals surface area contributed by atoms with E-state index in [1.54, 1.807) is 0 Å². The van der Waals surface area contributed by atoms with Crippen LogP contribution in [0.15, 0.2) is 0 Å². The molecule has 1 rings (SSSR count). The Labute approximate surface area is 74.1 Å². The first-order valence-corrected chi connectivity index (χ1v) is 3.85. The molecule has 0 aliphatic heterocycles. The van der Waals surface area contributed by atoms with Gasteiger partial charge in [0.25, 0.3) is 0 Å². The van der Waals surface area contributed by atoms with Crippen molar-refractivity contribution >= 4 is 5.97 Å². The fourth-order valence-electron chi connectivity index (χ4n) is 1.44. The SMILES string of the molecule is O=C([O-])C1(O)C[C@@H](O)C(O)[C@H](O)C1. The molecule has 0 spiro atoms. The predicted molar refractivity (Wildman–Crippen MR) is 37.2 cm³/mol. The summed E-state index contributed by atoms with van der Waals surface area (Å²) in [5, 5.41) is 46.9. The Morgan fingerprint density at radius 2 is 1.62 bits per heavy atom. The summed E-state index contributed by atoms with van der Waals surface area (Å²) in [6, 6.07) is 0. The first-order valence-electron chi connectivity index (χ1n) is 3.85. The van der Waals surface area contributed by atoms with Gasteiger partial charge in [0.1, 0.15) is 11.7 Å². The van der Waals surface area contributed by atoms with Gasteiger partial charge in [0.05, 0.1) is 18.2 Å². The highest BCUT2D eigenvalue weighted by atomic mass is 16.4. The molecular formula is C7H11O6-. The lowest BCUT2D eigenvalue weighted by Gasteiger charge is -2.40. The molecule has 0 radical (unpaired) electrons. The van der Waals surface area contributed by atoms with E-state index in [9.17, 15) is 15.0 Å². The van der Waals surface area contributed by atoms with Crippen molar-refractivity contribution in [2.75, 3.05) is 0 Å². The van der Waals surface area contributed by atoms with Gasteiger partial charge >= 0.3 is 0 Å². The van der Waals surface area contributed by atoms with E-state index in [1.165, 1.54) is 0 Å². The fraction of sp³-hybridized carbons (Fsp3) is 0.857. The Balaban J connectivity index is 2.79. The topological polar surface area (TPSA) is 121 Å². The van der Waals surface area contributed by atoms with Crippen LogP contribution in [0.25, 0.3) is 0 Å². The number of hydrogen-bond donors (Lipinski definition) is 4. The van der Waals surface area contributed by atoms with Crippen LogP contribution < -0.4 is 5.11 Å². The first-order chi connectivity index (χ1) is 5.87. The van der Waals surface area contributed by atoms with Gasteiger partial charge in [-0.05, 0) is 0 Å². The molecule has 0 amide bonds. The van der Waals surface area contributed by atoms with E-state index in [1.807, 2.05) is 0 Å². The lowest BCUT2D eigenvalue weighted by atomic mass is 9.80. The summed E-state index contributed by atoms with van der Waals surface area (Å²) in [7, 11) is 0. The molecular weight excluding hydrogens is 180 g/mol. The van der Waals surface area contributed by atoms with Crippen LogP contribution in [0.5, 0.6) is 0 Å². The number of aliphatic hydroxyl groups is 4. The summed E-state index contributed by atoms with van der Waals surface area (Å²) >= 11 is 0. The van der Waals surface area contributed by atoms with Crippen LogP contribution >= 0.6 is 0 Å². The van der Waals surface area contributed by atoms with Gasteiger partial charge in [-0.25, -0.2) is 0 Å². The second-order valence-electron chi connectivity index (χ2n) is 3.35. The summed E-state index contributed by atoms with van der Waals surface area (Å²) in [6.07, 6.45) is -5.39. The molecule has 76 valence electrons. The molecule has 0 bridgehead atoms. The van der Waals surface area contributed by atoms with Crippen molar-refractivity contribution in [2.24, 2.45) is 0 Å². The molecule has 6 heteroatoms. The van der Waals surface area contributed by atoms with Gasteiger partial charge in [-0.2, -0.15) is 0 Å². The van der Waals surface area contributed by atoms with Crippen molar-refractivity contribution in [3.05, 3.63) is 0 Å². The third kappa shape index (κ3) is 1.80. The smallest absolute Gasteiger partial charge is 0.109 e. The van der Waals surface area contributed by atoms with Gasteiger partial charge in [-0.15, -0.1) is 0 Å². The van der Waals surface area contributed by atoms with E-state index >= 15 is 0 Å². The second-order valence-corrected chi connectivity index (χ2v) is 3.35. The minimum atomic E-state index is -2.25. The van der Waals surface area contributed by atoms with Gasteiger partial charge < -0.3 is 30.3 Å². The molecule has 0 aromatic heterocycles. The van der Waals surface area contributed by atoms with Crippen LogP contribution in [0.2, 0.25) is 0 Å². The van der Waals surface area contributed by atoms with Crippen LogP contribution in [-0.4, -0.2) is 50.3 Å².